The molecule has 1 N–H and O–H groups in total. The van der Waals surface area contributed by atoms with E-state index in [1.54, 1.807) is 7.11 Å². The summed E-state index contributed by atoms with van der Waals surface area (Å²) in [7, 11) is 1.73. The van der Waals surface area contributed by atoms with Gasteiger partial charge >= 0.3 is 0 Å². The van der Waals surface area contributed by atoms with Gasteiger partial charge in [0.15, 0.2) is 0 Å². The number of ether oxygens (including phenoxy) is 1. The number of anilines is 1. The van der Waals surface area contributed by atoms with Crippen LogP contribution in [0, 0.1) is 0 Å². The molecule has 6 heteroatoms. The van der Waals surface area contributed by atoms with Crippen LogP contribution >= 0.6 is 0 Å². The van der Waals surface area contributed by atoms with Gasteiger partial charge in [-0.15, -0.1) is 0 Å². The molecule has 0 bridgehead atoms. The molecule has 2 aromatic rings. The minimum Gasteiger partial charge on any atom is -0.383 e. The molecule has 112 valence electrons. The van der Waals surface area contributed by atoms with Crippen molar-refractivity contribution in [3.63, 3.8) is 0 Å². The Hall–Kier alpha value is -1.92. The molecular weight excluding hydrogens is 268 g/mol. The fourth-order valence-electron chi connectivity index (χ4n) is 2.70. The second-order valence-corrected chi connectivity index (χ2v) is 5.25. The van der Waals surface area contributed by atoms with Crippen LogP contribution in [0.4, 0.5) is 5.69 Å². The predicted molar refractivity (Wildman–Crippen MR) is 82.9 cm³/mol. The number of nitrogens with one attached hydrogen (secondary N) is 1. The van der Waals surface area contributed by atoms with Gasteiger partial charge in [-0.3, -0.25) is 9.69 Å². The molecule has 0 spiro atoms. The first-order chi connectivity index (χ1) is 10.3. The predicted octanol–water partition coefficient (Wildman–Crippen LogP) is 0.692. The SMILES string of the molecule is COCCN1CCN(c2ccc3nc[nH]c(=O)c3c2)CC1. The van der Waals surface area contributed by atoms with E-state index in [1.807, 2.05) is 18.2 Å². The summed E-state index contributed by atoms with van der Waals surface area (Å²) in [6, 6.07) is 5.89. The Kier molecular flexibility index (Phi) is 4.17. The van der Waals surface area contributed by atoms with Crippen LogP contribution in [0.5, 0.6) is 0 Å². The molecule has 1 fully saturated rings. The number of benzene rings is 1. The van der Waals surface area contributed by atoms with Crippen molar-refractivity contribution in [1.82, 2.24) is 14.9 Å². The summed E-state index contributed by atoms with van der Waals surface area (Å²) in [5, 5.41) is 0.650. The summed E-state index contributed by atoms with van der Waals surface area (Å²) in [6.45, 7) is 5.72. The average molecular weight is 288 g/mol. The molecule has 6 nitrogen and oxygen atoms in total. The van der Waals surface area contributed by atoms with Gasteiger partial charge in [-0.1, -0.05) is 0 Å². The number of hydrogen-bond donors (Lipinski definition) is 1. The number of piperazine rings is 1. The monoisotopic (exact) mass is 288 g/mol. The molecule has 1 aromatic heterocycles. The first-order valence-corrected chi connectivity index (χ1v) is 7.21. The van der Waals surface area contributed by atoms with Crippen LogP contribution in [-0.2, 0) is 4.74 Å². The number of rotatable bonds is 4. The molecule has 0 saturated carbocycles. The molecule has 0 radical (unpaired) electrons. The number of hydrogen-bond acceptors (Lipinski definition) is 5. The van der Waals surface area contributed by atoms with E-state index in [1.165, 1.54) is 6.33 Å². The third-order valence-corrected chi connectivity index (χ3v) is 3.97. The maximum absolute atomic E-state index is 11.8. The highest BCUT2D eigenvalue weighted by Gasteiger charge is 2.17. The lowest BCUT2D eigenvalue weighted by Crippen LogP contribution is -2.47. The summed E-state index contributed by atoms with van der Waals surface area (Å²) < 4.78 is 5.12. The van der Waals surface area contributed by atoms with Crippen molar-refractivity contribution in [1.29, 1.82) is 0 Å². The number of fused-ring (bicyclic) bond motifs is 1. The quantitative estimate of drug-likeness (QED) is 0.897. The maximum atomic E-state index is 11.8. The Morgan fingerprint density at radius 3 is 2.86 bits per heavy atom. The molecule has 0 atom stereocenters. The van der Waals surface area contributed by atoms with E-state index in [-0.39, 0.29) is 5.56 Å². The van der Waals surface area contributed by atoms with Crippen LogP contribution in [0.3, 0.4) is 0 Å². The van der Waals surface area contributed by atoms with Gasteiger partial charge in [0.1, 0.15) is 0 Å². The average Bonchev–Trinajstić information content (AvgIpc) is 2.54. The Balaban J connectivity index is 1.73. The Bertz CT molecular complexity index is 662. The zero-order chi connectivity index (χ0) is 14.7. The molecule has 0 aliphatic carbocycles. The zero-order valence-corrected chi connectivity index (χ0v) is 12.2. The van der Waals surface area contributed by atoms with E-state index in [0.717, 1.165) is 50.5 Å². The van der Waals surface area contributed by atoms with Crippen molar-refractivity contribution in [3.8, 4) is 0 Å². The van der Waals surface area contributed by atoms with E-state index in [2.05, 4.69) is 19.8 Å². The van der Waals surface area contributed by atoms with E-state index in [4.69, 9.17) is 4.74 Å². The second-order valence-electron chi connectivity index (χ2n) is 5.25. The maximum Gasteiger partial charge on any atom is 0.258 e. The third-order valence-electron chi connectivity index (χ3n) is 3.97. The number of methoxy groups -OCH3 is 1. The molecule has 21 heavy (non-hydrogen) atoms. The largest absolute Gasteiger partial charge is 0.383 e. The molecular formula is C15H20N4O2. The van der Waals surface area contributed by atoms with Crippen LogP contribution in [0.15, 0.2) is 29.3 Å². The fourth-order valence-corrected chi connectivity index (χ4v) is 2.70. The van der Waals surface area contributed by atoms with Gasteiger partial charge in [0.2, 0.25) is 0 Å². The van der Waals surface area contributed by atoms with Crippen molar-refractivity contribution >= 4 is 16.6 Å². The summed E-state index contributed by atoms with van der Waals surface area (Å²) in [5.74, 6) is 0. The topological polar surface area (TPSA) is 61.5 Å². The fraction of sp³-hybridized carbons (Fsp3) is 0.467. The van der Waals surface area contributed by atoms with Gasteiger partial charge in [0.25, 0.3) is 5.56 Å². The highest BCUT2D eigenvalue weighted by Crippen LogP contribution is 2.20. The van der Waals surface area contributed by atoms with Crippen molar-refractivity contribution in [2.75, 3.05) is 51.3 Å². The minimum atomic E-state index is -0.0828. The van der Waals surface area contributed by atoms with E-state index < -0.39 is 0 Å². The van der Waals surface area contributed by atoms with Gasteiger partial charge in [0.05, 0.1) is 23.8 Å². The van der Waals surface area contributed by atoms with Gasteiger partial charge < -0.3 is 14.6 Å². The Labute approximate surface area is 123 Å². The van der Waals surface area contributed by atoms with Crippen LogP contribution < -0.4 is 10.5 Å². The highest BCUT2D eigenvalue weighted by molar-refractivity contribution is 5.81. The first-order valence-electron chi connectivity index (χ1n) is 7.21. The second kappa shape index (κ2) is 6.24. The van der Waals surface area contributed by atoms with Crippen molar-refractivity contribution in [3.05, 3.63) is 34.9 Å². The molecule has 1 aromatic carbocycles. The lowest BCUT2D eigenvalue weighted by Gasteiger charge is -2.36. The normalized spacial score (nSPS) is 16.5. The van der Waals surface area contributed by atoms with Gasteiger partial charge in [0, 0.05) is 45.5 Å². The van der Waals surface area contributed by atoms with Gasteiger partial charge in [-0.2, -0.15) is 0 Å². The van der Waals surface area contributed by atoms with Gasteiger partial charge in [-0.25, -0.2) is 4.98 Å². The first kappa shape index (κ1) is 14.0. The number of aromatic amines is 1. The van der Waals surface area contributed by atoms with Crippen LogP contribution in [0.2, 0.25) is 0 Å². The van der Waals surface area contributed by atoms with Crippen molar-refractivity contribution in [2.24, 2.45) is 0 Å². The number of aromatic nitrogens is 2. The van der Waals surface area contributed by atoms with Crippen molar-refractivity contribution < 1.29 is 4.74 Å². The Morgan fingerprint density at radius 1 is 1.29 bits per heavy atom. The lowest BCUT2D eigenvalue weighted by atomic mass is 10.2. The Morgan fingerprint density at radius 2 is 2.10 bits per heavy atom. The standard InChI is InChI=1S/C15H20N4O2/c1-21-9-8-18-4-6-19(7-5-18)12-2-3-14-13(10-12)15(20)17-11-16-14/h2-3,10-11H,4-9H2,1H3,(H,16,17,20). The summed E-state index contributed by atoms with van der Waals surface area (Å²) in [4.78, 5) is 23.4. The summed E-state index contributed by atoms with van der Waals surface area (Å²) in [5.41, 5.74) is 1.74. The zero-order valence-electron chi connectivity index (χ0n) is 12.2. The number of nitrogens with zero attached hydrogens (tertiary/aromatic N) is 3. The van der Waals surface area contributed by atoms with E-state index in [0.29, 0.717) is 5.39 Å². The third kappa shape index (κ3) is 3.06. The molecule has 1 aliphatic rings. The minimum absolute atomic E-state index is 0.0828. The van der Waals surface area contributed by atoms with Crippen LogP contribution in [0.1, 0.15) is 0 Å². The molecule has 1 saturated heterocycles. The van der Waals surface area contributed by atoms with E-state index >= 15 is 0 Å². The summed E-state index contributed by atoms with van der Waals surface area (Å²) >= 11 is 0. The molecule has 1 aliphatic heterocycles. The van der Waals surface area contributed by atoms with Gasteiger partial charge in [-0.05, 0) is 18.2 Å². The smallest absolute Gasteiger partial charge is 0.258 e. The molecule has 0 unspecified atom stereocenters. The lowest BCUT2D eigenvalue weighted by molar-refractivity contribution is 0.144. The summed E-state index contributed by atoms with van der Waals surface area (Å²) in [6.07, 6.45) is 1.44. The highest BCUT2D eigenvalue weighted by atomic mass is 16.5. The van der Waals surface area contributed by atoms with E-state index in [9.17, 15) is 4.79 Å². The van der Waals surface area contributed by atoms with Crippen molar-refractivity contribution in [2.45, 2.75) is 0 Å². The number of H-pyrrole nitrogens is 1. The van der Waals surface area contributed by atoms with Crippen LogP contribution in [0.25, 0.3) is 10.9 Å². The van der Waals surface area contributed by atoms with Crippen LogP contribution in [-0.4, -0.2) is 61.3 Å². The molecule has 2 heterocycles. The molecule has 0 amide bonds. The molecule has 3 rings (SSSR count).